The number of nitrogens with one attached hydrogen (secondary N) is 1. The van der Waals surface area contributed by atoms with E-state index in [2.05, 4.69) is 79.9 Å². The number of rotatable bonds is 48. The highest BCUT2D eigenvalue weighted by Gasteiger charge is 2.53. The Bertz CT molecular complexity index is 1830. The van der Waals surface area contributed by atoms with Crippen molar-refractivity contribution < 1.29 is 89.4 Å². The largest absolute Gasteiger partial charge is 0.394 e. The third-order valence-corrected chi connectivity index (χ3v) is 16.0. The van der Waals surface area contributed by atoms with E-state index in [0.29, 0.717) is 12.8 Å². The molecule has 3 aliphatic heterocycles. The highest BCUT2D eigenvalue weighted by Crippen LogP contribution is 2.33. The molecule has 3 aliphatic rings. The zero-order valence-electron chi connectivity index (χ0n) is 51.6. The second-order valence-electron chi connectivity index (χ2n) is 23.2. The number of aliphatic hydroxyl groups is 11. The molecule has 19 heteroatoms. The minimum Gasteiger partial charge on any atom is -0.394 e. The average molecular weight is 1210 g/mol. The second-order valence-corrected chi connectivity index (χ2v) is 23.2. The second kappa shape index (κ2) is 48.1. The van der Waals surface area contributed by atoms with Gasteiger partial charge in [-0.25, -0.2) is 0 Å². The lowest BCUT2D eigenvalue weighted by atomic mass is 9.96. The van der Waals surface area contributed by atoms with Crippen LogP contribution in [-0.2, 0) is 33.2 Å². The Labute approximate surface area is 508 Å². The van der Waals surface area contributed by atoms with Crippen molar-refractivity contribution in [3.05, 3.63) is 72.9 Å². The van der Waals surface area contributed by atoms with Crippen molar-refractivity contribution in [2.24, 2.45) is 0 Å². The standard InChI is InChI=1S/C66H115NO18/c1-3-5-7-9-11-13-15-17-19-20-21-22-23-24-25-26-27-28-30-32-34-36-38-40-42-44-54(72)67-49(50(71)43-41-39-37-35-33-31-29-18-16-14-12-10-8-6-4-2)48-80-64-60(78)57(75)62(52(46-69)82-64)85-66-61(79)58(76)63(53(47-70)83-66)84-65-59(77)56(74)55(73)51(45-68)81-65/h15-18,20-21,23-24,33,35,41,43,49-53,55-66,68-71,73-79H,3-14,19,22,25-32,34,36-40,42,44-48H2,1-2H3,(H,67,72)/b17-15-,18-16+,21-20-,24-23-,35-33+,43-41+. The van der Waals surface area contributed by atoms with E-state index in [9.17, 15) is 61.0 Å². The van der Waals surface area contributed by atoms with Gasteiger partial charge in [0, 0.05) is 6.42 Å². The Morgan fingerprint density at radius 1 is 0.424 bits per heavy atom. The van der Waals surface area contributed by atoms with E-state index < -0.39 is 124 Å². The minimum atomic E-state index is -1.98. The molecule has 0 aromatic rings. The molecule has 3 saturated heterocycles. The van der Waals surface area contributed by atoms with Gasteiger partial charge in [-0.05, 0) is 83.5 Å². The normalized spacial score (nSPS) is 29.4. The predicted octanol–water partition coefficient (Wildman–Crippen LogP) is 7.38. The van der Waals surface area contributed by atoms with E-state index in [4.69, 9.17) is 28.4 Å². The summed E-state index contributed by atoms with van der Waals surface area (Å²) in [5.41, 5.74) is 0. The molecule has 12 N–H and O–H groups in total. The number of aliphatic hydroxyl groups excluding tert-OH is 11. The molecule has 0 bridgehead atoms. The first kappa shape index (κ1) is 76.5. The summed E-state index contributed by atoms with van der Waals surface area (Å²) < 4.78 is 34.3. The maximum atomic E-state index is 13.4. The van der Waals surface area contributed by atoms with Crippen LogP contribution >= 0.6 is 0 Å². The van der Waals surface area contributed by atoms with Crippen LogP contribution in [0.3, 0.4) is 0 Å². The molecule has 3 fully saturated rings. The lowest BCUT2D eigenvalue weighted by Crippen LogP contribution is -2.66. The number of allylic oxidation sites excluding steroid dienone is 11. The third-order valence-electron chi connectivity index (χ3n) is 16.0. The highest BCUT2D eigenvalue weighted by atomic mass is 16.8. The molecule has 0 spiro atoms. The molecule has 3 heterocycles. The Balaban J connectivity index is 1.46. The van der Waals surface area contributed by atoms with Gasteiger partial charge >= 0.3 is 0 Å². The van der Waals surface area contributed by atoms with Gasteiger partial charge in [-0.1, -0.05) is 189 Å². The summed E-state index contributed by atoms with van der Waals surface area (Å²) in [6.45, 7) is 1.66. The Morgan fingerprint density at radius 2 is 0.788 bits per heavy atom. The van der Waals surface area contributed by atoms with Crippen molar-refractivity contribution in [1.29, 1.82) is 0 Å². The topological polar surface area (TPSA) is 307 Å². The first-order valence-corrected chi connectivity index (χ1v) is 32.7. The van der Waals surface area contributed by atoms with Crippen LogP contribution < -0.4 is 5.32 Å². The molecule has 0 aliphatic carbocycles. The van der Waals surface area contributed by atoms with Gasteiger partial charge in [0.25, 0.3) is 0 Å². The van der Waals surface area contributed by atoms with Gasteiger partial charge in [-0.3, -0.25) is 4.79 Å². The van der Waals surface area contributed by atoms with Gasteiger partial charge in [0.2, 0.25) is 5.91 Å². The smallest absolute Gasteiger partial charge is 0.220 e. The number of carbonyl (C=O) groups excluding carboxylic acids is 1. The van der Waals surface area contributed by atoms with Crippen molar-refractivity contribution in [1.82, 2.24) is 5.32 Å². The highest BCUT2D eigenvalue weighted by molar-refractivity contribution is 5.76. The van der Waals surface area contributed by atoms with Crippen molar-refractivity contribution in [3.8, 4) is 0 Å². The molecule has 85 heavy (non-hydrogen) atoms. The Kier molecular flexibility index (Phi) is 43.3. The molecule has 17 unspecified atom stereocenters. The number of ether oxygens (including phenoxy) is 6. The quantitative estimate of drug-likeness (QED) is 0.0209. The molecular formula is C66H115NO18. The zero-order chi connectivity index (χ0) is 61.9. The van der Waals surface area contributed by atoms with Crippen LogP contribution in [0.15, 0.2) is 72.9 Å². The number of hydrogen-bond donors (Lipinski definition) is 12. The predicted molar refractivity (Wildman–Crippen MR) is 328 cm³/mol. The SMILES string of the molecule is CCCCCCC/C=C\C/C=C\C/C=C\CCCCCCCCCCCCC(=O)NC(COC1OC(CO)C(OC2OC(CO)C(OC3OC(CO)C(O)C(O)C3O)C(O)C2O)C(O)C1O)C(O)/C=C/CC/C=C/CC/C=C/CCCCCCC. The lowest BCUT2D eigenvalue weighted by Gasteiger charge is -2.48. The van der Waals surface area contributed by atoms with Gasteiger partial charge < -0.3 is 89.9 Å². The van der Waals surface area contributed by atoms with Crippen LogP contribution in [0.2, 0.25) is 0 Å². The lowest BCUT2D eigenvalue weighted by molar-refractivity contribution is -0.379. The molecule has 3 rings (SSSR count). The fraction of sp³-hybridized carbons (Fsp3) is 0.803. The van der Waals surface area contributed by atoms with E-state index in [1.165, 1.54) is 103 Å². The number of amides is 1. The van der Waals surface area contributed by atoms with Crippen LogP contribution in [0, 0.1) is 0 Å². The third kappa shape index (κ3) is 31.0. The molecule has 0 saturated carbocycles. The summed E-state index contributed by atoms with van der Waals surface area (Å²) in [5, 5.41) is 120. The minimum absolute atomic E-state index is 0.224. The van der Waals surface area contributed by atoms with Crippen LogP contribution in [0.1, 0.15) is 206 Å². The van der Waals surface area contributed by atoms with Crippen molar-refractivity contribution in [3.63, 3.8) is 0 Å². The molecule has 17 atom stereocenters. The number of unbranched alkanes of at least 4 members (excludes halogenated alkanes) is 22. The molecule has 19 nitrogen and oxygen atoms in total. The summed E-state index contributed by atoms with van der Waals surface area (Å²) in [7, 11) is 0. The number of carbonyl (C=O) groups is 1. The van der Waals surface area contributed by atoms with E-state index in [0.717, 1.165) is 70.6 Å². The van der Waals surface area contributed by atoms with Gasteiger partial charge in [-0.15, -0.1) is 0 Å². The summed E-state index contributed by atoms with van der Waals surface area (Å²) in [6, 6.07) is -1.00. The van der Waals surface area contributed by atoms with E-state index in [1.54, 1.807) is 6.08 Å². The van der Waals surface area contributed by atoms with Crippen LogP contribution in [0.4, 0.5) is 0 Å². The average Bonchev–Trinajstić information content (AvgIpc) is 3.63. The summed E-state index contributed by atoms with van der Waals surface area (Å²) >= 11 is 0. The monoisotopic (exact) mass is 1210 g/mol. The summed E-state index contributed by atoms with van der Waals surface area (Å²) in [6.07, 6.45) is 31.6. The summed E-state index contributed by atoms with van der Waals surface area (Å²) in [4.78, 5) is 13.4. The van der Waals surface area contributed by atoms with Crippen molar-refractivity contribution in [2.75, 3.05) is 26.4 Å². The molecule has 492 valence electrons. The maximum absolute atomic E-state index is 13.4. The van der Waals surface area contributed by atoms with E-state index >= 15 is 0 Å². The Hall–Kier alpha value is -2.77. The molecule has 0 radical (unpaired) electrons. The zero-order valence-corrected chi connectivity index (χ0v) is 51.6. The number of hydrogen-bond acceptors (Lipinski definition) is 18. The van der Waals surface area contributed by atoms with Gasteiger partial charge in [0.05, 0.1) is 38.6 Å². The fourth-order valence-corrected chi connectivity index (χ4v) is 10.6. The first-order valence-electron chi connectivity index (χ1n) is 32.7. The molecule has 1 amide bonds. The van der Waals surface area contributed by atoms with Crippen LogP contribution in [0.25, 0.3) is 0 Å². The van der Waals surface area contributed by atoms with E-state index in [1.807, 2.05) is 6.08 Å². The fourth-order valence-electron chi connectivity index (χ4n) is 10.6. The van der Waals surface area contributed by atoms with Crippen LogP contribution in [-0.4, -0.2) is 193 Å². The van der Waals surface area contributed by atoms with Gasteiger partial charge in [-0.2, -0.15) is 0 Å². The maximum Gasteiger partial charge on any atom is 0.220 e. The van der Waals surface area contributed by atoms with Gasteiger partial charge in [0.15, 0.2) is 18.9 Å². The molecular weight excluding hydrogens is 1090 g/mol. The van der Waals surface area contributed by atoms with Crippen molar-refractivity contribution >= 4 is 5.91 Å². The Morgan fingerprint density at radius 3 is 1.26 bits per heavy atom. The summed E-state index contributed by atoms with van der Waals surface area (Å²) in [5.74, 6) is -0.297. The van der Waals surface area contributed by atoms with Crippen molar-refractivity contribution in [2.45, 2.75) is 311 Å². The van der Waals surface area contributed by atoms with Crippen LogP contribution in [0.5, 0.6) is 0 Å². The van der Waals surface area contributed by atoms with E-state index in [-0.39, 0.29) is 18.9 Å². The molecule has 0 aromatic carbocycles. The van der Waals surface area contributed by atoms with Gasteiger partial charge in [0.1, 0.15) is 73.2 Å². The first-order chi connectivity index (χ1) is 41.3. The molecule has 0 aromatic heterocycles.